The number of rotatable bonds is 4. The molecule has 0 saturated heterocycles. The van der Waals surface area contributed by atoms with Crippen LogP contribution in [0.3, 0.4) is 0 Å². The van der Waals surface area contributed by atoms with E-state index in [1.54, 1.807) is 17.8 Å². The smallest absolute Gasteiger partial charge is 0.123 e. The normalized spacial score (nSPS) is 11.2. The summed E-state index contributed by atoms with van der Waals surface area (Å²) in [6.45, 7) is 0.647. The number of halogens is 2. The highest BCUT2D eigenvalue weighted by Crippen LogP contribution is 2.36. The van der Waals surface area contributed by atoms with E-state index >= 15 is 0 Å². The second-order valence-electron chi connectivity index (χ2n) is 4.73. The van der Waals surface area contributed by atoms with E-state index in [2.05, 4.69) is 38.4 Å². The van der Waals surface area contributed by atoms with Crippen molar-refractivity contribution in [3.05, 3.63) is 58.4 Å². The monoisotopic (exact) mass is 364 g/mol. The van der Waals surface area contributed by atoms with Crippen molar-refractivity contribution in [2.24, 2.45) is 0 Å². The molecule has 0 aliphatic heterocycles. The van der Waals surface area contributed by atoms with Crippen LogP contribution in [0, 0.1) is 5.82 Å². The molecule has 2 aromatic carbocycles. The van der Waals surface area contributed by atoms with E-state index in [9.17, 15) is 4.39 Å². The van der Waals surface area contributed by atoms with Gasteiger partial charge in [-0.25, -0.2) is 4.39 Å². The third kappa shape index (κ3) is 3.15. The Hall–Kier alpha value is -1.30. The number of aromatic nitrogens is 1. The van der Waals surface area contributed by atoms with Gasteiger partial charge in [0, 0.05) is 37.9 Å². The first-order valence-corrected chi connectivity index (χ1v) is 8.16. The molecule has 0 amide bonds. The largest absolute Gasteiger partial charge is 0.360 e. The molecule has 108 valence electrons. The molecule has 0 aliphatic rings. The molecule has 0 spiro atoms. The Labute approximate surface area is 135 Å². The van der Waals surface area contributed by atoms with E-state index in [0.29, 0.717) is 6.54 Å². The molecule has 0 radical (unpaired) electrons. The lowest BCUT2D eigenvalue weighted by Gasteiger charge is -2.08. The predicted molar refractivity (Wildman–Crippen MR) is 89.3 cm³/mol. The molecule has 21 heavy (non-hydrogen) atoms. The molecule has 2 N–H and O–H groups in total. The molecule has 0 bridgehead atoms. The van der Waals surface area contributed by atoms with Crippen LogP contribution in [0.4, 0.5) is 4.39 Å². The van der Waals surface area contributed by atoms with Crippen molar-refractivity contribution in [1.29, 1.82) is 0 Å². The zero-order valence-electron chi connectivity index (χ0n) is 11.4. The van der Waals surface area contributed by atoms with E-state index < -0.39 is 0 Å². The van der Waals surface area contributed by atoms with Crippen molar-refractivity contribution < 1.29 is 4.39 Å². The number of hydrogen-bond acceptors (Lipinski definition) is 2. The lowest BCUT2D eigenvalue weighted by Crippen LogP contribution is -2.06. The summed E-state index contributed by atoms with van der Waals surface area (Å²) >= 11 is 5.12. The molecule has 0 unspecified atom stereocenters. The van der Waals surface area contributed by atoms with Gasteiger partial charge >= 0.3 is 0 Å². The van der Waals surface area contributed by atoms with Crippen LogP contribution in [0.1, 0.15) is 5.56 Å². The summed E-state index contributed by atoms with van der Waals surface area (Å²) in [6.07, 6.45) is 1.99. The fourth-order valence-corrected chi connectivity index (χ4v) is 3.65. The highest BCUT2D eigenvalue weighted by molar-refractivity contribution is 9.10. The van der Waals surface area contributed by atoms with E-state index in [1.807, 2.05) is 25.4 Å². The van der Waals surface area contributed by atoms with Gasteiger partial charge in [-0.05, 0) is 42.9 Å². The fourth-order valence-electron chi connectivity index (χ4n) is 2.25. The first-order valence-electron chi connectivity index (χ1n) is 6.55. The van der Waals surface area contributed by atoms with Gasteiger partial charge < -0.3 is 10.3 Å². The Morgan fingerprint density at radius 3 is 2.86 bits per heavy atom. The molecule has 1 aromatic heterocycles. The Morgan fingerprint density at radius 1 is 1.19 bits per heavy atom. The van der Waals surface area contributed by atoms with Gasteiger partial charge in [0.25, 0.3) is 0 Å². The minimum absolute atomic E-state index is 0.201. The van der Waals surface area contributed by atoms with Crippen molar-refractivity contribution in [2.75, 3.05) is 7.05 Å². The van der Waals surface area contributed by atoms with Gasteiger partial charge in [-0.15, -0.1) is 0 Å². The third-order valence-corrected chi connectivity index (χ3v) is 4.88. The summed E-state index contributed by atoms with van der Waals surface area (Å²) in [7, 11) is 1.86. The predicted octanol–water partition coefficient (Wildman–Crippen LogP) is 4.94. The minimum atomic E-state index is -0.201. The van der Waals surface area contributed by atoms with Crippen molar-refractivity contribution in [3.63, 3.8) is 0 Å². The minimum Gasteiger partial charge on any atom is -0.360 e. The number of aromatic amines is 1. The van der Waals surface area contributed by atoms with E-state index in [-0.39, 0.29) is 5.82 Å². The average Bonchev–Trinajstić information content (AvgIpc) is 2.84. The molecule has 0 fully saturated rings. The van der Waals surface area contributed by atoms with Crippen LogP contribution in [0.5, 0.6) is 0 Å². The van der Waals surface area contributed by atoms with Crippen LogP contribution in [0.2, 0.25) is 0 Å². The Morgan fingerprint density at radius 2 is 2.05 bits per heavy atom. The molecule has 3 rings (SSSR count). The van der Waals surface area contributed by atoms with Gasteiger partial charge in [-0.2, -0.15) is 0 Å². The second-order valence-corrected chi connectivity index (χ2v) is 6.73. The van der Waals surface area contributed by atoms with E-state index in [0.717, 1.165) is 25.3 Å². The van der Waals surface area contributed by atoms with Crippen LogP contribution < -0.4 is 5.32 Å². The Balaban J connectivity index is 1.98. The van der Waals surface area contributed by atoms with E-state index in [1.165, 1.54) is 11.5 Å². The zero-order chi connectivity index (χ0) is 14.8. The Kier molecular flexibility index (Phi) is 4.33. The number of nitrogens with one attached hydrogen (secondary N) is 2. The average molecular weight is 365 g/mol. The van der Waals surface area contributed by atoms with Crippen molar-refractivity contribution in [2.45, 2.75) is 16.3 Å². The molecule has 1 heterocycles. The first kappa shape index (κ1) is 14.6. The molecule has 0 saturated carbocycles. The van der Waals surface area contributed by atoms with Crippen LogP contribution in [0.15, 0.2) is 56.9 Å². The highest BCUT2D eigenvalue weighted by Gasteiger charge is 2.09. The lowest BCUT2D eigenvalue weighted by atomic mass is 10.2. The summed E-state index contributed by atoms with van der Waals surface area (Å²) in [5.74, 6) is -0.201. The molecule has 0 aliphatic carbocycles. The molecule has 5 heteroatoms. The van der Waals surface area contributed by atoms with Crippen LogP contribution >= 0.6 is 27.7 Å². The third-order valence-electron chi connectivity index (χ3n) is 3.22. The maximum atomic E-state index is 13.4. The van der Waals surface area contributed by atoms with Gasteiger partial charge in [0.2, 0.25) is 0 Å². The van der Waals surface area contributed by atoms with Crippen LogP contribution in [-0.4, -0.2) is 12.0 Å². The van der Waals surface area contributed by atoms with Gasteiger partial charge in [0.05, 0.1) is 0 Å². The van der Waals surface area contributed by atoms with Crippen molar-refractivity contribution in [3.8, 4) is 0 Å². The topological polar surface area (TPSA) is 27.8 Å². The lowest BCUT2D eigenvalue weighted by molar-refractivity contribution is 0.621. The second kappa shape index (κ2) is 6.22. The van der Waals surface area contributed by atoms with E-state index in [4.69, 9.17) is 0 Å². The highest BCUT2D eigenvalue weighted by atomic mass is 79.9. The Bertz CT molecular complexity index is 785. The van der Waals surface area contributed by atoms with Crippen LogP contribution in [-0.2, 0) is 6.54 Å². The molecular formula is C16H14BrFN2S. The fraction of sp³-hybridized carbons (Fsp3) is 0.125. The summed E-state index contributed by atoms with van der Waals surface area (Å²) in [4.78, 5) is 5.48. The number of benzene rings is 2. The van der Waals surface area contributed by atoms with Gasteiger partial charge in [-0.1, -0.05) is 33.8 Å². The molecule has 0 atom stereocenters. The van der Waals surface area contributed by atoms with Gasteiger partial charge in [0.1, 0.15) is 5.82 Å². The van der Waals surface area contributed by atoms with Crippen molar-refractivity contribution >= 4 is 38.6 Å². The maximum Gasteiger partial charge on any atom is 0.123 e. The first-order chi connectivity index (χ1) is 10.2. The van der Waals surface area contributed by atoms with Gasteiger partial charge in [-0.3, -0.25) is 0 Å². The number of fused-ring (bicyclic) bond motifs is 1. The standard InChI is InChI=1S/C16H14BrFN2S/c1-19-8-10-6-12(18)3-5-15(10)21-16-9-20-14-7-11(17)2-4-13(14)16/h2-7,9,19-20H,8H2,1H3. The summed E-state index contributed by atoms with van der Waals surface area (Å²) in [6, 6.07) is 11.1. The SMILES string of the molecule is CNCc1cc(F)ccc1Sc1c[nH]c2cc(Br)ccc12. The number of hydrogen-bond donors (Lipinski definition) is 2. The quantitative estimate of drug-likeness (QED) is 0.685. The molecule has 3 aromatic rings. The molecular weight excluding hydrogens is 351 g/mol. The van der Waals surface area contributed by atoms with Crippen molar-refractivity contribution in [1.82, 2.24) is 10.3 Å². The summed E-state index contributed by atoms with van der Waals surface area (Å²) in [5.41, 5.74) is 2.05. The number of H-pyrrole nitrogens is 1. The zero-order valence-corrected chi connectivity index (χ0v) is 13.8. The maximum absolute atomic E-state index is 13.4. The van der Waals surface area contributed by atoms with Crippen LogP contribution in [0.25, 0.3) is 10.9 Å². The molecule has 2 nitrogen and oxygen atoms in total. The summed E-state index contributed by atoms with van der Waals surface area (Å²) in [5, 5.41) is 4.25. The summed E-state index contributed by atoms with van der Waals surface area (Å²) < 4.78 is 14.4. The van der Waals surface area contributed by atoms with Gasteiger partial charge in [0.15, 0.2) is 0 Å².